The molecule has 1 aliphatic carbocycles. The van der Waals surface area contributed by atoms with E-state index < -0.39 is 0 Å². The fourth-order valence-corrected chi connectivity index (χ4v) is 7.05. The summed E-state index contributed by atoms with van der Waals surface area (Å²) in [5, 5.41) is 4.17. The Morgan fingerprint density at radius 1 is 1.11 bits per heavy atom. The van der Waals surface area contributed by atoms with Crippen LogP contribution < -0.4 is 16.2 Å². The summed E-state index contributed by atoms with van der Waals surface area (Å²) in [7, 11) is 0. The zero-order chi connectivity index (χ0) is 23.9. The van der Waals surface area contributed by atoms with Crippen molar-refractivity contribution in [1.29, 1.82) is 0 Å². The minimum absolute atomic E-state index is 0.117. The number of fused-ring (bicyclic) bond motifs is 2. The van der Waals surface area contributed by atoms with Crippen LogP contribution in [0, 0.1) is 18.8 Å². The minimum atomic E-state index is 0.117. The number of urea groups is 1. The van der Waals surface area contributed by atoms with Crippen molar-refractivity contribution < 1.29 is 4.79 Å². The van der Waals surface area contributed by atoms with Gasteiger partial charge in [-0.05, 0) is 86.4 Å². The van der Waals surface area contributed by atoms with Crippen molar-refractivity contribution in [2.75, 3.05) is 19.6 Å². The van der Waals surface area contributed by atoms with E-state index in [1.54, 1.807) is 0 Å². The van der Waals surface area contributed by atoms with Crippen LogP contribution in [0.1, 0.15) is 48.5 Å². The van der Waals surface area contributed by atoms with E-state index in [1.807, 2.05) is 24.4 Å². The molecule has 8 heteroatoms. The molecular formula is C27H35ClN6O. The Labute approximate surface area is 212 Å². The molecule has 0 bridgehead atoms. The second-order valence-corrected chi connectivity index (χ2v) is 11.3. The van der Waals surface area contributed by atoms with Gasteiger partial charge in [0.15, 0.2) is 0 Å². The number of rotatable bonds is 4. The van der Waals surface area contributed by atoms with Crippen LogP contribution in [-0.4, -0.2) is 58.6 Å². The van der Waals surface area contributed by atoms with Crippen LogP contribution in [0.4, 0.5) is 4.79 Å². The van der Waals surface area contributed by atoms with Crippen molar-refractivity contribution >= 4 is 17.6 Å². The number of aromatic nitrogens is 1. The number of nitrogens with zero attached hydrogens (tertiary/aromatic N) is 3. The van der Waals surface area contributed by atoms with Crippen LogP contribution >= 0.6 is 11.6 Å². The number of hydrogen-bond acceptors (Lipinski definition) is 5. The molecule has 5 unspecified atom stereocenters. The van der Waals surface area contributed by atoms with E-state index in [0.717, 1.165) is 62.6 Å². The van der Waals surface area contributed by atoms with Crippen LogP contribution in [0.15, 0.2) is 42.6 Å². The Morgan fingerprint density at radius 3 is 2.89 bits per heavy atom. The molecule has 35 heavy (non-hydrogen) atoms. The first-order chi connectivity index (χ1) is 17.0. The quantitative estimate of drug-likeness (QED) is 0.605. The summed E-state index contributed by atoms with van der Waals surface area (Å²) in [4.78, 5) is 22.2. The van der Waals surface area contributed by atoms with Crippen molar-refractivity contribution in [2.45, 2.75) is 63.3 Å². The van der Waals surface area contributed by atoms with Crippen molar-refractivity contribution in [2.24, 2.45) is 11.8 Å². The van der Waals surface area contributed by atoms with Crippen LogP contribution in [-0.2, 0) is 6.54 Å². The normalized spacial score (nSPS) is 33.2. The number of halogens is 1. The zero-order valence-corrected chi connectivity index (χ0v) is 21.0. The van der Waals surface area contributed by atoms with Gasteiger partial charge in [-0.3, -0.25) is 15.3 Å². The van der Waals surface area contributed by atoms with Gasteiger partial charge in [-0.1, -0.05) is 23.7 Å². The van der Waals surface area contributed by atoms with Gasteiger partial charge >= 0.3 is 6.03 Å². The zero-order valence-electron chi connectivity index (χ0n) is 20.3. The highest BCUT2D eigenvalue weighted by atomic mass is 35.5. The molecular weight excluding hydrogens is 460 g/mol. The second kappa shape index (κ2) is 9.69. The molecule has 186 valence electrons. The predicted molar refractivity (Wildman–Crippen MR) is 137 cm³/mol. The Balaban J connectivity index is 1.13. The number of aryl methyl sites for hydroxylation is 1. The molecule has 1 aromatic heterocycles. The molecule has 2 aromatic rings. The SMILES string of the molecule is Cc1cc(C2NNC3CC4NC(=O)N([C@@H]5CCCN(Cc6cccc(Cl)c6)C5)CC4CC32)ccn1. The number of benzene rings is 1. The van der Waals surface area contributed by atoms with Gasteiger partial charge in [0, 0.05) is 54.7 Å². The van der Waals surface area contributed by atoms with Gasteiger partial charge in [0.25, 0.3) is 0 Å². The van der Waals surface area contributed by atoms with E-state index in [2.05, 4.69) is 56.1 Å². The first kappa shape index (κ1) is 23.2. The third-order valence-corrected chi connectivity index (χ3v) is 8.75. The topological polar surface area (TPSA) is 72.5 Å². The van der Waals surface area contributed by atoms with Crippen molar-refractivity contribution in [3.05, 3.63) is 64.4 Å². The summed E-state index contributed by atoms with van der Waals surface area (Å²) in [6, 6.07) is 13.7. The lowest BCUT2D eigenvalue weighted by Gasteiger charge is -2.49. The average molecular weight is 495 g/mol. The summed E-state index contributed by atoms with van der Waals surface area (Å²) >= 11 is 6.20. The van der Waals surface area contributed by atoms with Crippen molar-refractivity contribution in [1.82, 2.24) is 31.0 Å². The molecule has 3 saturated heterocycles. The number of hydrogen-bond donors (Lipinski definition) is 3. The van der Waals surface area contributed by atoms with Gasteiger partial charge in [-0.15, -0.1) is 0 Å². The number of carbonyl (C=O) groups excluding carboxylic acids is 1. The van der Waals surface area contributed by atoms with Crippen molar-refractivity contribution in [3.63, 3.8) is 0 Å². The number of carbonyl (C=O) groups is 1. The molecule has 4 fully saturated rings. The maximum absolute atomic E-state index is 13.2. The average Bonchev–Trinajstić information content (AvgIpc) is 3.25. The maximum atomic E-state index is 13.2. The molecule has 6 rings (SSSR count). The maximum Gasteiger partial charge on any atom is 0.317 e. The van der Waals surface area contributed by atoms with E-state index in [4.69, 9.17) is 11.6 Å². The fourth-order valence-electron chi connectivity index (χ4n) is 6.84. The molecule has 0 radical (unpaired) electrons. The molecule has 1 saturated carbocycles. The Hall–Kier alpha value is -2.19. The molecule has 7 nitrogen and oxygen atoms in total. The molecule has 6 atom stereocenters. The summed E-state index contributed by atoms with van der Waals surface area (Å²) in [6.07, 6.45) is 6.19. The highest BCUT2D eigenvalue weighted by molar-refractivity contribution is 6.30. The fraction of sp³-hybridized carbons (Fsp3) is 0.556. The van der Waals surface area contributed by atoms with E-state index in [0.29, 0.717) is 17.9 Å². The van der Waals surface area contributed by atoms with Crippen LogP contribution in [0.5, 0.6) is 0 Å². The Kier molecular flexibility index (Phi) is 6.43. The minimum Gasteiger partial charge on any atom is -0.335 e. The monoisotopic (exact) mass is 494 g/mol. The van der Waals surface area contributed by atoms with E-state index in [-0.39, 0.29) is 24.2 Å². The number of nitrogens with one attached hydrogen (secondary N) is 3. The van der Waals surface area contributed by atoms with Gasteiger partial charge in [0.1, 0.15) is 0 Å². The van der Waals surface area contributed by atoms with Crippen LogP contribution in [0.2, 0.25) is 5.02 Å². The largest absolute Gasteiger partial charge is 0.335 e. The van der Waals surface area contributed by atoms with E-state index in [1.165, 1.54) is 11.1 Å². The Bertz CT molecular complexity index is 1080. The van der Waals surface area contributed by atoms with E-state index in [9.17, 15) is 4.79 Å². The summed E-state index contributed by atoms with van der Waals surface area (Å²) in [5.74, 6) is 0.991. The van der Waals surface area contributed by atoms with Gasteiger partial charge in [0.2, 0.25) is 0 Å². The number of amides is 2. The molecule has 4 heterocycles. The number of likely N-dealkylation sites (tertiary alicyclic amines) is 1. The second-order valence-electron chi connectivity index (χ2n) is 10.9. The predicted octanol–water partition coefficient (Wildman–Crippen LogP) is 3.65. The summed E-state index contributed by atoms with van der Waals surface area (Å²) in [6.45, 7) is 5.78. The van der Waals surface area contributed by atoms with Gasteiger partial charge in [0.05, 0.1) is 6.04 Å². The van der Waals surface area contributed by atoms with Crippen LogP contribution in [0.3, 0.4) is 0 Å². The first-order valence-corrected chi connectivity index (χ1v) is 13.4. The molecule has 4 aliphatic rings. The third kappa shape index (κ3) is 4.79. The van der Waals surface area contributed by atoms with Crippen molar-refractivity contribution in [3.8, 4) is 0 Å². The van der Waals surface area contributed by atoms with Gasteiger partial charge < -0.3 is 10.2 Å². The summed E-state index contributed by atoms with van der Waals surface area (Å²) < 4.78 is 0. The van der Waals surface area contributed by atoms with Gasteiger partial charge in [-0.25, -0.2) is 10.2 Å². The lowest BCUT2D eigenvalue weighted by Crippen LogP contribution is -2.64. The van der Waals surface area contributed by atoms with E-state index >= 15 is 0 Å². The standard InChI is InChI=1S/C27H35ClN6O/c1-17-10-19(7-8-29-17)26-23-12-20-15-34(27(35)30-24(20)13-25(23)31-32-26)22-6-3-9-33(16-22)14-18-4-2-5-21(28)11-18/h2,4-5,7-8,10-11,20,22-26,31-32H,3,6,9,12-16H2,1H3,(H,30,35)/t20?,22-,23?,24?,25?,26?/m1/s1. The first-order valence-electron chi connectivity index (χ1n) is 13.0. The Morgan fingerprint density at radius 2 is 2.03 bits per heavy atom. The third-order valence-electron chi connectivity index (χ3n) is 8.52. The number of hydrazine groups is 1. The molecule has 0 spiro atoms. The van der Waals surface area contributed by atoms with Gasteiger partial charge in [-0.2, -0.15) is 0 Å². The number of piperidine rings is 1. The molecule has 1 aromatic carbocycles. The molecule has 3 aliphatic heterocycles. The summed E-state index contributed by atoms with van der Waals surface area (Å²) in [5.41, 5.74) is 10.7. The molecule has 3 N–H and O–H groups in total. The lowest BCUT2D eigenvalue weighted by atomic mass is 9.71. The smallest absolute Gasteiger partial charge is 0.317 e. The highest BCUT2D eigenvalue weighted by Crippen LogP contribution is 2.42. The lowest BCUT2D eigenvalue weighted by molar-refractivity contribution is 0.0523. The molecule has 2 amide bonds. The van der Waals surface area contributed by atoms with Crippen LogP contribution in [0.25, 0.3) is 0 Å². The number of pyridine rings is 1. The highest BCUT2D eigenvalue weighted by Gasteiger charge is 2.48.